The zero-order chi connectivity index (χ0) is 41.1. The number of unbranched alkanes of at least 4 members (excludes halogenated alkanes) is 20. The summed E-state index contributed by atoms with van der Waals surface area (Å²) in [4.78, 5) is 58.6. The SMILES string of the molecule is CCCCCCCCCCCCCCCC(CC(=O)NC1CC1=O)OC(=O)CCCCCNC(=O)CCCCCCCCC.N[C@@H](Cc1ccccc1)C(=O)O. The van der Waals surface area contributed by atoms with Gasteiger partial charge in [-0.2, -0.15) is 0 Å². The van der Waals surface area contributed by atoms with Gasteiger partial charge in [-0.3, -0.25) is 24.0 Å². The largest absolute Gasteiger partial charge is 0.480 e. The van der Waals surface area contributed by atoms with Crippen LogP contribution >= 0.6 is 0 Å². The van der Waals surface area contributed by atoms with Crippen molar-refractivity contribution >= 4 is 29.5 Å². The lowest BCUT2D eigenvalue weighted by atomic mass is 10.0. The molecule has 0 saturated heterocycles. The molecule has 5 N–H and O–H groups in total. The Labute approximate surface area is 339 Å². The number of aliphatic carboxylic acids is 1. The minimum atomic E-state index is -0.959. The molecular weight excluding hydrogens is 707 g/mol. The van der Waals surface area contributed by atoms with Crippen LogP contribution in [0.15, 0.2) is 30.3 Å². The van der Waals surface area contributed by atoms with Gasteiger partial charge in [0.05, 0.1) is 12.5 Å². The van der Waals surface area contributed by atoms with E-state index in [0.29, 0.717) is 45.1 Å². The average Bonchev–Trinajstić information content (AvgIpc) is 3.87. The first kappa shape index (κ1) is 50.7. The molecule has 1 aliphatic rings. The van der Waals surface area contributed by atoms with Crippen molar-refractivity contribution in [3.63, 3.8) is 0 Å². The van der Waals surface area contributed by atoms with Crippen LogP contribution < -0.4 is 16.4 Å². The number of Topliss-reactive ketones (excluding diaryl/α,β-unsaturated/α-hetero) is 1. The number of benzene rings is 1. The minimum absolute atomic E-state index is 0.0670. The zero-order valence-corrected chi connectivity index (χ0v) is 35.3. The molecule has 320 valence electrons. The second kappa shape index (κ2) is 34.9. The first-order chi connectivity index (χ1) is 27.2. The van der Waals surface area contributed by atoms with E-state index in [-0.39, 0.29) is 36.0 Å². The van der Waals surface area contributed by atoms with Gasteiger partial charge in [0.15, 0.2) is 5.78 Å². The lowest BCUT2D eigenvalue weighted by molar-refractivity contribution is -0.151. The Hall–Kier alpha value is -3.27. The highest BCUT2D eigenvalue weighted by Gasteiger charge is 2.36. The number of amides is 2. The molecule has 56 heavy (non-hydrogen) atoms. The third-order valence-electron chi connectivity index (χ3n) is 10.3. The number of carboxylic acid groups (broad SMARTS) is 1. The van der Waals surface area contributed by atoms with Crippen molar-refractivity contribution in [2.45, 2.75) is 218 Å². The number of nitrogens with two attached hydrogens (primary N) is 1. The van der Waals surface area contributed by atoms with Crippen molar-refractivity contribution in [2.75, 3.05) is 6.54 Å². The molecule has 0 aromatic heterocycles. The van der Waals surface area contributed by atoms with Gasteiger partial charge in [0.2, 0.25) is 11.8 Å². The summed E-state index contributed by atoms with van der Waals surface area (Å²) in [6.07, 6.45) is 29.5. The van der Waals surface area contributed by atoms with Crippen LogP contribution in [0.4, 0.5) is 0 Å². The molecule has 0 heterocycles. The van der Waals surface area contributed by atoms with Gasteiger partial charge < -0.3 is 26.2 Å². The van der Waals surface area contributed by atoms with E-state index >= 15 is 0 Å². The highest BCUT2D eigenvalue weighted by molar-refractivity contribution is 6.02. The molecule has 0 radical (unpaired) electrons. The Kier molecular flexibility index (Phi) is 31.7. The quantitative estimate of drug-likeness (QED) is 0.0390. The molecule has 0 aliphatic heterocycles. The van der Waals surface area contributed by atoms with Crippen molar-refractivity contribution in [3.8, 4) is 0 Å². The van der Waals surface area contributed by atoms with Crippen LogP contribution in [0.25, 0.3) is 0 Å². The Morgan fingerprint density at radius 1 is 0.696 bits per heavy atom. The van der Waals surface area contributed by atoms with E-state index in [1.165, 1.54) is 103 Å². The third-order valence-corrected chi connectivity index (χ3v) is 10.3. The molecule has 1 fully saturated rings. The monoisotopic (exact) mass is 786 g/mol. The van der Waals surface area contributed by atoms with E-state index in [4.69, 9.17) is 15.6 Å². The summed E-state index contributed by atoms with van der Waals surface area (Å²) < 4.78 is 5.73. The number of hydrogen-bond donors (Lipinski definition) is 4. The van der Waals surface area contributed by atoms with E-state index in [9.17, 15) is 24.0 Å². The molecule has 3 atom stereocenters. The molecule has 1 saturated carbocycles. The van der Waals surface area contributed by atoms with E-state index in [1.807, 2.05) is 30.3 Å². The number of carbonyl (C=O) groups is 5. The summed E-state index contributed by atoms with van der Waals surface area (Å²) in [6, 6.07) is 8.20. The van der Waals surface area contributed by atoms with Crippen molar-refractivity contribution in [3.05, 3.63) is 35.9 Å². The zero-order valence-electron chi connectivity index (χ0n) is 35.3. The first-order valence-corrected chi connectivity index (χ1v) is 22.5. The minimum Gasteiger partial charge on any atom is -0.480 e. The summed E-state index contributed by atoms with van der Waals surface area (Å²) in [5, 5.41) is 14.3. The average molecular weight is 786 g/mol. The number of esters is 1. The predicted octanol–water partition coefficient (Wildman–Crippen LogP) is 9.69. The van der Waals surface area contributed by atoms with Gasteiger partial charge in [0.25, 0.3) is 0 Å². The van der Waals surface area contributed by atoms with Crippen LogP contribution in [0, 0.1) is 0 Å². The lowest BCUT2D eigenvalue weighted by Crippen LogP contribution is -2.32. The second-order valence-corrected chi connectivity index (χ2v) is 15.8. The fourth-order valence-corrected chi connectivity index (χ4v) is 6.66. The van der Waals surface area contributed by atoms with Crippen molar-refractivity contribution in [1.82, 2.24) is 10.6 Å². The van der Waals surface area contributed by atoms with Crippen LogP contribution in [-0.2, 0) is 35.1 Å². The maximum atomic E-state index is 12.5. The Morgan fingerprint density at radius 2 is 1.18 bits per heavy atom. The summed E-state index contributed by atoms with van der Waals surface area (Å²) in [6.45, 7) is 5.12. The third kappa shape index (κ3) is 30.9. The second-order valence-electron chi connectivity index (χ2n) is 15.8. The molecule has 0 bridgehead atoms. The van der Waals surface area contributed by atoms with Gasteiger partial charge in [-0.25, -0.2) is 0 Å². The number of ether oxygens (including phenoxy) is 1. The highest BCUT2D eigenvalue weighted by atomic mass is 16.5. The Bertz CT molecular complexity index is 1180. The van der Waals surface area contributed by atoms with Crippen molar-refractivity contribution in [2.24, 2.45) is 5.73 Å². The Balaban J connectivity index is 0.00000110. The van der Waals surface area contributed by atoms with Gasteiger partial charge in [0, 0.05) is 25.8 Å². The molecule has 2 rings (SSSR count). The highest BCUT2D eigenvalue weighted by Crippen LogP contribution is 2.18. The fourth-order valence-electron chi connectivity index (χ4n) is 6.66. The molecule has 2 unspecified atom stereocenters. The molecule has 10 heteroatoms. The summed E-state index contributed by atoms with van der Waals surface area (Å²) in [5.74, 6) is -1.24. The predicted molar refractivity (Wildman–Crippen MR) is 226 cm³/mol. The number of carboxylic acids is 1. The number of ketones is 1. The van der Waals surface area contributed by atoms with Crippen LogP contribution in [-0.4, -0.2) is 59.4 Å². The first-order valence-electron chi connectivity index (χ1n) is 22.5. The van der Waals surface area contributed by atoms with Crippen LogP contribution in [0.5, 0.6) is 0 Å². The van der Waals surface area contributed by atoms with E-state index in [0.717, 1.165) is 44.1 Å². The normalized spacial score (nSPS) is 14.3. The molecule has 1 aliphatic carbocycles. The van der Waals surface area contributed by atoms with E-state index in [1.54, 1.807) is 0 Å². The van der Waals surface area contributed by atoms with Crippen LogP contribution in [0.3, 0.4) is 0 Å². The van der Waals surface area contributed by atoms with Crippen molar-refractivity contribution < 1.29 is 33.8 Å². The summed E-state index contributed by atoms with van der Waals surface area (Å²) in [7, 11) is 0. The standard InChI is InChI=1S/C37H68N2O5.C9H11NO2/c1-3-5-7-9-11-12-13-14-15-16-18-19-22-26-32(30-36(42)39-33-31-34(33)40)44-37(43)28-24-21-25-29-38-35(41)27-23-20-17-10-8-6-4-2;10-8(9(11)12)6-7-4-2-1-3-5-7/h32-33H,3-31H2,1-2H3,(H,38,41)(H,39,42);1-5,8H,6,10H2,(H,11,12)/t;8-/m.0/s1. The maximum absolute atomic E-state index is 12.5. The number of rotatable bonds is 35. The fraction of sp³-hybridized carbons (Fsp3) is 0.761. The van der Waals surface area contributed by atoms with Gasteiger partial charge in [0.1, 0.15) is 12.1 Å². The summed E-state index contributed by atoms with van der Waals surface area (Å²) in [5.41, 5.74) is 6.30. The van der Waals surface area contributed by atoms with Gasteiger partial charge in [-0.05, 0) is 44.1 Å². The van der Waals surface area contributed by atoms with Gasteiger partial charge >= 0.3 is 11.9 Å². The molecule has 0 spiro atoms. The van der Waals surface area contributed by atoms with Crippen LogP contribution in [0.1, 0.15) is 199 Å². The smallest absolute Gasteiger partial charge is 0.320 e. The molecular formula is C46H79N3O7. The molecule has 2 amide bonds. The van der Waals surface area contributed by atoms with E-state index < -0.39 is 18.1 Å². The van der Waals surface area contributed by atoms with Gasteiger partial charge in [-0.15, -0.1) is 0 Å². The number of carbonyl (C=O) groups excluding carboxylic acids is 4. The molecule has 10 nitrogen and oxygen atoms in total. The maximum Gasteiger partial charge on any atom is 0.320 e. The lowest BCUT2D eigenvalue weighted by Gasteiger charge is -2.18. The summed E-state index contributed by atoms with van der Waals surface area (Å²) >= 11 is 0. The molecule has 1 aromatic rings. The Morgan fingerprint density at radius 3 is 1.70 bits per heavy atom. The number of hydrogen-bond acceptors (Lipinski definition) is 7. The van der Waals surface area contributed by atoms with Gasteiger partial charge in [-0.1, -0.05) is 166 Å². The van der Waals surface area contributed by atoms with Crippen LogP contribution in [0.2, 0.25) is 0 Å². The topological polar surface area (TPSA) is 165 Å². The number of nitrogens with one attached hydrogen (secondary N) is 2. The van der Waals surface area contributed by atoms with E-state index in [2.05, 4.69) is 24.5 Å². The molecule has 1 aromatic carbocycles. The van der Waals surface area contributed by atoms with Crippen molar-refractivity contribution in [1.29, 1.82) is 0 Å².